The first kappa shape index (κ1) is 12.5. The molecule has 1 aliphatic rings. The van der Waals surface area contributed by atoms with Gasteiger partial charge in [0.05, 0.1) is 14.2 Å². The molecule has 0 aromatic heterocycles. The number of piperidine rings is 1. The number of likely N-dealkylation sites (tertiary alicyclic amines) is 1. The van der Waals surface area contributed by atoms with Crippen molar-refractivity contribution in [2.45, 2.75) is 13.3 Å². The van der Waals surface area contributed by atoms with Gasteiger partial charge in [0.1, 0.15) is 5.41 Å². The van der Waals surface area contributed by atoms with Gasteiger partial charge in [-0.2, -0.15) is 0 Å². The highest BCUT2D eigenvalue weighted by molar-refractivity contribution is 6.04. The predicted molar refractivity (Wildman–Crippen MR) is 53.7 cm³/mol. The maximum Gasteiger partial charge on any atom is 0.409 e. The van der Waals surface area contributed by atoms with Crippen LogP contribution in [-0.4, -0.2) is 50.1 Å². The highest BCUT2D eigenvalue weighted by atomic mass is 16.5. The second-order valence-electron chi connectivity index (χ2n) is 3.89. The van der Waals surface area contributed by atoms with Crippen LogP contribution >= 0.6 is 0 Å². The Labute approximate surface area is 93.5 Å². The Hall–Kier alpha value is -1.59. The number of nitrogens with zero attached hydrogens (tertiary/aromatic N) is 1. The molecule has 16 heavy (non-hydrogen) atoms. The third-order valence-electron chi connectivity index (χ3n) is 2.80. The smallest absolute Gasteiger partial charge is 0.409 e. The Morgan fingerprint density at radius 2 is 1.94 bits per heavy atom. The van der Waals surface area contributed by atoms with Gasteiger partial charge in [-0.15, -0.1) is 0 Å². The van der Waals surface area contributed by atoms with E-state index in [4.69, 9.17) is 0 Å². The molecule has 90 valence electrons. The maximum atomic E-state index is 11.7. The molecule has 0 saturated carbocycles. The van der Waals surface area contributed by atoms with Crippen molar-refractivity contribution >= 4 is 17.8 Å². The SMILES string of the molecule is COC(=O)N1CCC(=O)C(C)(C(=O)OC)C1. The average molecular weight is 229 g/mol. The Kier molecular flexibility index (Phi) is 3.51. The standard InChI is InChI=1S/C10H15NO5/c1-10(8(13)15-2)6-11(9(14)16-3)5-4-7(10)12/h4-6H2,1-3H3. The summed E-state index contributed by atoms with van der Waals surface area (Å²) in [5.74, 6) is -0.828. The van der Waals surface area contributed by atoms with E-state index in [9.17, 15) is 14.4 Å². The van der Waals surface area contributed by atoms with Crippen LogP contribution in [0.15, 0.2) is 0 Å². The van der Waals surface area contributed by atoms with E-state index < -0.39 is 17.5 Å². The number of rotatable bonds is 1. The average Bonchev–Trinajstić information content (AvgIpc) is 2.30. The van der Waals surface area contributed by atoms with E-state index in [1.165, 1.54) is 26.0 Å². The van der Waals surface area contributed by atoms with Crippen molar-refractivity contribution in [2.24, 2.45) is 5.41 Å². The van der Waals surface area contributed by atoms with Crippen molar-refractivity contribution in [3.63, 3.8) is 0 Å². The van der Waals surface area contributed by atoms with Crippen LogP contribution in [0.2, 0.25) is 0 Å². The lowest BCUT2D eigenvalue weighted by Gasteiger charge is -2.36. The van der Waals surface area contributed by atoms with E-state index in [-0.39, 0.29) is 25.3 Å². The van der Waals surface area contributed by atoms with Gasteiger partial charge in [0.15, 0.2) is 5.78 Å². The predicted octanol–water partition coefficient (Wildman–Crippen LogP) is 0.207. The summed E-state index contributed by atoms with van der Waals surface area (Å²) in [5.41, 5.74) is -1.28. The molecule has 0 bridgehead atoms. The van der Waals surface area contributed by atoms with E-state index >= 15 is 0 Å². The van der Waals surface area contributed by atoms with Crippen LogP contribution in [0.4, 0.5) is 4.79 Å². The molecule has 0 aliphatic carbocycles. The fourth-order valence-electron chi connectivity index (χ4n) is 1.75. The third kappa shape index (κ3) is 2.00. The number of ketones is 1. The highest BCUT2D eigenvalue weighted by Crippen LogP contribution is 2.27. The summed E-state index contributed by atoms with van der Waals surface area (Å²) in [5, 5.41) is 0. The highest BCUT2D eigenvalue weighted by Gasteiger charge is 2.47. The first-order valence-electron chi connectivity index (χ1n) is 4.90. The van der Waals surface area contributed by atoms with Gasteiger partial charge in [0.2, 0.25) is 0 Å². The molecule has 0 spiro atoms. The van der Waals surface area contributed by atoms with Crippen LogP contribution in [0.25, 0.3) is 0 Å². The van der Waals surface area contributed by atoms with Crippen LogP contribution < -0.4 is 0 Å². The lowest BCUT2D eigenvalue weighted by atomic mass is 9.81. The number of ether oxygens (including phenoxy) is 2. The second kappa shape index (κ2) is 4.51. The Morgan fingerprint density at radius 3 is 2.44 bits per heavy atom. The molecular formula is C10H15NO5. The van der Waals surface area contributed by atoms with E-state index in [0.717, 1.165) is 0 Å². The molecule has 1 atom stereocenters. The molecule has 6 nitrogen and oxygen atoms in total. The van der Waals surface area contributed by atoms with Crippen molar-refractivity contribution in [2.75, 3.05) is 27.3 Å². The minimum absolute atomic E-state index is 0.00514. The first-order valence-corrected chi connectivity index (χ1v) is 4.90. The van der Waals surface area contributed by atoms with Gasteiger partial charge in [-0.05, 0) is 6.92 Å². The zero-order chi connectivity index (χ0) is 12.3. The number of hydrogen-bond acceptors (Lipinski definition) is 5. The molecule has 1 heterocycles. The molecule has 1 rings (SSSR count). The van der Waals surface area contributed by atoms with Gasteiger partial charge in [-0.1, -0.05) is 0 Å². The van der Waals surface area contributed by atoms with E-state index in [1.807, 2.05) is 0 Å². The Morgan fingerprint density at radius 1 is 1.31 bits per heavy atom. The van der Waals surface area contributed by atoms with Crippen LogP contribution in [0.1, 0.15) is 13.3 Å². The number of hydrogen-bond donors (Lipinski definition) is 0. The third-order valence-corrected chi connectivity index (χ3v) is 2.80. The molecule has 1 saturated heterocycles. The van der Waals surface area contributed by atoms with Gasteiger partial charge < -0.3 is 14.4 Å². The molecular weight excluding hydrogens is 214 g/mol. The van der Waals surface area contributed by atoms with Gasteiger partial charge >= 0.3 is 12.1 Å². The topological polar surface area (TPSA) is 72.9 Å². The van der Waals surface area contributed by atoms with E-state index in [0.29, 0.717) is 0 Å². The van der Waals surface area contributed by atoms with Crippen LogP contribution in [-0.2, 0) is 19.1 Å². The van der Waals surface area contributed by atoms with Crippen LogP contribution in [0.5, 0.6) is 0 Å². The van der Waals surface area contributed by atoms with Gasteiger partial charge in [-0.25, -0.2) is 4.79 Å². The number of carbonyl (C=O) groups excluding carboxylic acids is 3. The first-order chi connectivity index (χ1) is 7.45. The molecule has 1 unspecified atom stereocenters. The molecule has 1 amide bonds. The molecule has 0 aromatic rings. The monoisotopic (exact) mass is 229 g/mol. The van der Waals surface area contributed by atoms with Crippen LogP contribution in [0, 0.1) is 5.41 Å². The number of Topliss-reactive ketones (excluding diaryl/α,β-unsaturated/α-hetero) is 1. The Bertz CT molecular complexity index is 317. The quantitative estimate of drug-likeness (QED) is 0.474. The zero-order valence-electron chi connectivity index (χ0n) is 9.61. The molecule has 0 radical (unpaired) electrons. The minimum atomic E-state index is -1.28. The lowest BCUT2D eigenvalue weighted by Crippen LogP contribution is -2.54. The number of methoxy groups -OCH3 is 2. The van der Waals surface area contributed by atoms with Gasteiger partial charge in [-0.3, -0.25) is 9.59 Å². The number of amides is 1. The minimum Gasteiger partial charge on any atom is -0.468 e. The molecule has 6 heteroatoms. The van der Waals surface area contributed by atoms with E-state index in [1.54, 1.807) is 0 Å². The summed E-state index contributed by atoms with van der Waals surface area (Å²) >= 11 is 0. The Balaban J connectivity index is 2.87. The van der Waals surface area contributed by atoms with E-state index in [2.05, 4.69) is 9.47 Å². The zero-order valence-corrected chi connectivity index (χ0v) is 9.61. The summed E-state index contributed by atoms with van der Waals surface area (Å²) in [6.07, 6.45) is -0.400. The van der Waals surface area contributed by atoms with Crippen molar-refractivity contribution in [3.05, 3.63) is 0 Å². The maximum absolute atomic E-state index is 11.7. The van der Waals surface area contributed by atoms with Gasteiger partial charge in [0.25, 0.3) is 0 Å². The largest absolute Gasteiger partial charge is 0.468 e. The molecule has 0 N–H and O–H groups in total. The summed E-state index contributed by atoms with van der Waals surface area (Å²) in [6.45, 7) is 1.76. The summed E-state index contributed by atoms with van der Waals surface area (Å²) in [6, 6.07) is 0. The van der Waals surface area contributed by atoms with Gasteiger partial charge in [0, 0.05) is 19.5 Å². The summed E-state index contributed by atoms with van der Waals surface area (Å²) in [7, 11) is 2.48. The lowest BCUT2D eigenvalue weighted by molar-refractivity contribution is -0.159. The fraction of sp³-hybridized carbons (Fsp3) is 0.700. The number of esters is 1. The summed E-state index contributed by atoms with van der Waals surface area (Å²) in [4.78, 5) is 35.9. The van der Waals surface area contributed by atoms with Crippen molar-refractivity contribution < 1.29 is 23.9 Å². The molecule has 1 aliphatic heterocycles. The normalized spacial score (nSPS) is 25.2. The van der Waals surface area contributed by atoms with Crippen molar-refractivity contribution in [3.8, 4) is 0 Å². The van der Waals surface area contributed by atoms with Crippen molar-refractivity contribution in [1.29, 1.82) is 0 Å². The van der Waals surface area contributed by atoms with Crippen molar-refractivity contribution in [1.82, 2.24) is 4.90 Å². The number of carbonyl (C=O) groups is 3. The second-order valence-corrected chi connectivity index (χ2v) is 3.89. The fourth-order valence-corrected chi connectivity index (χ4v) is 1.75. The molecule has 1 fully saturated rings. The molecule has 0 aromatic carbocycles. The summed E-state index contributed by atoms with van der Waals surface area (Å²) < 4.78 is 9.14. The van der Waals surface area contributed by atoms with Crippen LogP contribution in [0.3, 0.4) is 0 Å².